The molecule has 0 radical (unpaired) electrons. The van der Waals surface area contributed by atoms with Crippen LogP contribution in [-0.4, -0.2) is 11.9 Å². The van der Waals surface area contributed by atoms with Gasteiger partial charge in [0.05, 0.1) is 26.8 Å². The molecule has 0 atom stereocenters. The molecule has 0 saturated heterocycles. The fourth-order valence-electron chi connectivity index (χ4n) is 2.61. The van der Waals surface area contributed by atoms with E-state index in [1.54, 1.807) is 24.3 Å². The molecule has 0 fully saturated rings. The Morgan fingerprint density at radius 2 is 1.65 bits per heavy atom. The van der Waals surface area contributed by atoms with Gasteiger partial charge in [0, 0.05) is 0 Å². The zero-order chi connectivity index (χ0) is 22.8. The van der Waals surface area contributed by atoms with Crippen LogP contribution in [0.25, 0.3) is 16.8 Å². The summed E-state index contributed by atoms with van der Waals surface area (Å²) in [7, 11) is 0. The molecule has 3 rings (SSSR count). The largest absolute Gasteiger partial charge is 0.432 e. The summed E-state index contributed by atoms with van der Waals surface area (Å²) in [5.41, 5.74) is -1.49. The maximum absolute atomic E-state index is 13.0. The summed E-state index contributed by atoms with van der Waals surface area (Å²) in [5, 5.41) is 11.9. The van der Waals surface area contributed by atoms with Crippen LogP contribution >= 0.6 is 22.9 Å². The number of alkyl halides is 6. The Bertz CT molecular complexity index is 1130. The highest BCUT2D eigenvalue weighted by Gasteiger charge is 2.33. The van der Waals surface area contributed by atoms with Gasteiger partial charge in [0.2, 0.25) is 0 Å². The van der Waals surface area contributed by atoms with Gasteiger partial charge in [-0.1, -0.05) is 35.9 Å². The molecule has 1 aromatic heterocycles. The van der Waals surface area contributed by atoms with Gasteiger partial charge in [0.25, 0.3) is 0 Å². The van der Waals surface area contributed by atoms with Gasteiger partial charge in [-0.25, -0.2) is 0 Å². The number of benzene rings is 2. The molecule has 0 aliphatic heterocycles. The Morgan fingerprint density at radius 3 is 2.29 bits per heavy atom. The standard InChI is InChI=1S/C21H13ClF6N2S/c22-15-6-1-2-7-16(15)30-17(10-19(29)21(26,27)28)18-9-13(11-31-18)12-4-3-5-14(8-12)20(23,24)25/h1-11,29-30H/b17-10-,29-19?. The van der Waals surface area contributed by atoms with Gasteiger partial charge >= 0.3 is 12.4 Å². The quantitative estimate of drug-likeness (QED) is 0.284. The minimum Gasteiger partial charge on any atom is -0.353 e. The fraction of sp³-hybridized carbons (Fsp3) is 0.0952. The highest BCUT2D eigenvalue weighted by atomic mass is 35.5. The third-order valence-corrected chi connectivity index (χ3v) is 5.42. The van der Waals surface area contributed by atoms with Gasteiger partial charge in [0.15, 0.2) is 0 Å². The predicted octanol–water partition coefficient (Wildman–Crippen LogP) is 8.12. The number of allylic oxidation sites excluding steroid dienone is 1. The molecule has 2 nitrogen and oxygen atoms in total. The van der Waals surface area contributed by atoms with Crippen LogP contribution in [0.15, 0.2) is 66.1 Å². The molecule has 31 heavy (non-hydrogen) atoms. The second-order valence-corrected chi connectivity index (χ2v) is 7.67. The molecule has 0 unspecified atom stereocenters. The zero-order valence-corrected chi connectivity index (χ0v) is 17.0. The maximum atomic E-state index is 13.0. The second kappa shape index (κ2) is 8.76. The van der Waals surface area contributed by atoms with Crippen LogP contribution in [0.2, 0.25) is 5.02 Å². The molecule has 0 spiro atoms. The van der Waals surface area contributed by atoms with Crippen LogP contribution in [-0.2, 0) is 6.18 Å². The third kappa shape index (κ3) is 5.68. The van der Waals surface area contributed by atoms with Crippen molar-refractivity contribution in [3.63, 3.8) is 0 Å². The fourth-order valence-corrected chi connectivity index (χ4v) is 3.68. The molecule has 1 heterocycles. The Labute approximate surface area is 182 Å². The van der Waals surface area contributed by atoms with Crippen molar-refractivity contribution in [2.75, 3.05) is 5.32 Å². The lowest BCUT2D eigenvalue weighted by atomic mass is 10.0. The van der Waals surface area contributed by atoms with Crippen LogP contribution in [0.5, 0.6) is 0 Å². The number of hydrogen-bond acceptors (Lipinski definition) is 3. The van der Waals surface area contributed by atoms with E-state index >= 15 is 0 Å². The molecule has 162 valence electrons. The normalized spacial score (nSPS) is 12.7. The molecule has 0 bridgehead atoms. The maximum Gasteiger partial charge on any atom is 0.432 e. The van der Waals surface area contributed by atoms with Crippen LogP contribution in [0.4, 0.5) is 32.0 Å². The molecular formula is C21H13ClF6N2S. The highest BCUT2D eigenvalue weighted by molar-refractivity contribution is 7.11. The topological polar surface area (TPSA) is 35.9 Å². The molecular weight excluding hydrogens is 462 g/mol. The van der Waals surface area contributed by atoms with E-state index < -0.39 is 23.6 Å². The molecule has 0 aliphatic rings. The Hall–Kier alpha value is -2.78. The van der Waals surface area contributed by atoms with Gasteiger partial charge in [-0.15, -0.1) is 11.3 Å². The first-order chi connectivity index (χ1) is 14.4. The molecule has 0 aliphatic carbocycles. The van der Waals surface area contributed by atoms with Gasteiger partial charge in [-0.05, 0) is 52.9 Å². The minimum atomic E-state index is -4.87. The first-order valence-electron chi connectivity index (χ1n) is 8.60. The number of rotatable bonds is 5. The van der Waals surface area contributed by atoms with Gasteiger partial charge in [-0.2, -0.15) is 26.3 Å². The van der Waals surface area contributed by atoms with Crippen LogP contribution in [0.3, 0.4) is 0 Å². The summed E-state index contributed by atoms with van der Waals surface area (Å²) in [6, 6.07) is 12.5. The van der Waals surface area contributed by atoms with Crippen molar-refractivity contribution < 1.29 is 26.3 Å². The van der Waals surface area contributed by atoms with Gasteiger partial charge in [-0.3, -0.25) is 5.41 Å². The monoisotopic (exact) mass is 474 g/mol. The first kappa shape index (κ1) is 22.9. The van der Waals surface area contributed by atoms with Crippen LogP contribution < -0.4 is 5.32 Å². The van der Waals surface area contributed by atoms with E-state index in [1.165, 1.54) is 23.6 Å². The van der Waals surface area contributed by atoms with E-state index in [-0.39, 0.29) is 16.3 Å². The lowest BCUT2D eigenvalue weighted by Gasteiger charge is -2.13. The van der Waals surface area contributed by atoms with Crippen molar-refractivity contribution >= 4 is 40.0 Å². The van der Waals surface area contributed by atoms with Crippen molar-refractivity contribution in [3.05, 3.63) is 81.5 Å². The summed E-state index contributed by atoms with van der Waals surface area (Å²) < 4.78 is 77.8. The average molecular weight is 475 g/mol. The smallest absolute Gasteiger partial charge is 0.353 e. The second-order valence-electron chi connectivity index (χ2n) is 6.35. The lowest BCUT2D eigenvalue weighted by molar-refractivity contribution is -0.137. The first-order valence-corrected chi connectivity index (χ1v) is 9.86. The summed E-state index contributed by atoms with van der Waals surface area (Å²) in [4.78, 5) is 0.293. The summed E-state index contributed by atoms with van der Waals surface area (Å²) in [6.45, 7) is 0. The molecule has 3 aromatic rings. The van der Waals surface area contributed by atoms with Gasteiger partial charge < -0.3 is 5.32 Å². The number of hydrogen-bond donors (Lipinski definition) is 2. The number of nitrogens with one attached hydrogen (secondary N) is 2. The molecule has 0 saturated carbocycles. The van der Waals surface area contributed by atoms with Crippen LogP contribution in [0, 0.1) is 5.41 Å². The lowest BCUT2D eigenvalue weighted by Crippen LogP contribution is -2.20. The average Bonchev–Trinajstić information content (AvgIpc) is 3.18. The highest BCUT2D eigenvalue weighted by Crippen LogP contribution is 2.36. The van der Waals surface area contributed by atoms with Crippen molar-refractivity contribution in [3.8, 4) is 11.1 Å². The van der Waals surface area contributed by atoms with Crippen molar-refractivity contribution in [1.82, 2.24) is 0 Å². The predicted molar refractivity (Wildman–Crippen MR) is 112 cm³/mol. The Balaban J connectivity index is 2.01. The molecule has 2 N–H and O–H groups in total. The van der Waals surface area contributed by atoms with E-state index in [9.17, 15) is 26.3 Å². The summed E-state index contributed by atoms with van der Waals surface area (Å²) in [5.74, 6) is 0. The van der Waals surface area contributed by atoms with Crippen LogP contribution in [0.1, 0.15) is 10.4 Å². The Morgan fingerprint density at radius 1 is 0.935 bits per heavy atom. The number of para-hydroxylation sites is 1. The van der Waals surface area contributed by atoms with Crippen molar-refractivity contribution in [1.29, 1.82) is 5.41 Å². The molecule has 2 aromatic carbocycles. The summed E-state index contributed by atoms with van der Waals surface area (Å²) in [6.07, 6.45) is -8.77. The van der Waals surface area contributed by atoms with Crippen molar-refractivity contribution in [2.45, 2.75) is 12.4 Å². The number of anilines is 1. The van der Waals surface area contributed by atoms with E-state index in [1.807, 2.05) is 0 Å². The molecule has 10 heteroatoms. The van der Waals surface area contributed by atoms with E-state index in [0.717, 1.165) is 23.5 Å². The van der Waals surface area contributed by atoms with Gasteiger partial charge in [0.1, 0.15) is 5.71 Å². The van der Waals surface area contributed by atoms with E-state index in [2.05, 4.69) is 5.32 Å². The number of halogens is 7. The summed E-state index contributed by atoms with van der Waals surface area (Å²) >= 11 is 7.10. The SMILES string of the molecule is N=C(/C=C(\Nc1ccccc1Cl)c1cc(-c2cccc(C(F)(F)F)c2)cs1)C(F)(F)F. The van der Waals surface area contributed by atoms with E-state index in [4.69, 9.17) is 17.0 Å². The minimum absolute atomic E-state index is 0.0568. The molecule has 0 amide bonds. The van der Waals surface area contributed by atoms with Crippen molar-refractivity contribution in [2.24, 2.45) is 0 Å². The third-order valence-electron chi connectivity index (χ3n) is 4.13. The zero-order valence-electron chi connectivity index (χ0n) is 15.4. The van der Waals surface area contributed by atoms with E-state index in [0.29, 0.717) is 22.2 Å². The Kier molecular flexibility index (Phi) is 6.47. The number of thiophene rings is 1.